The van der Waals surface area contributed by atoms with Crippen molar-refractivity contribution >= 4 is 11.6 Å². The first-order valence-corrected chi connectivity index (χ1v) is 6.40. The second-order valence-corrected chi connectivity index (χ2v) is 5.03. The SMILES string of the molecule is C[C@H](C(=O)NC1CC1)N1CCc2ccccc21. The van der Waals surface area contributed by atoms with Gasteiger partial charge in [0.2, 0.25) is 5.91 Å². The zero-order valence-electron chi connectivity index (χ0n) is 10.1. The second-order valence-electron chi connectivity index (χ2n) is 5.03. The van der Waals surface area contributed by atoms with Crippen LogP contribution in [0.4, 0.5) is 5.69 Å². The van der Waals surface area contributed by atoms with Crippen LogP contribution in [0.25, 0.3) is 0 Å². The normalized spacial score (nSPS) is 19.9. The number of benzene rings is 1. The summed E-state index contributed by atoms with van der Waals surface area (Å²) in [5.74, 6) is 0.171. The third-order valence-corrected chi connectivity index (χ3v) is 3.69. The third-order valence-electron chi connectivity index (χ3n) is 3.69. The minimum absolute atomic E-state index is 0.0563. The van der Waals surface area contributed by atoms with Crippen molar-refractivity contribution in [3.63, 3.8) is 0 Å². The number of hydrogen-bond acceptors (Lipinski definition) is 2. The summed E-state index contributed by atoms with van der Waals surface area (Å²) in [5, 5.41) is 3.08. The molecule has 17 heavy (non-hydrogen) atoms. The number of fused-ring (bicyclic) bond motifs is 1. The average molecular weight is 230 g/mol. The van der Waals surface area contributed by atoms with Gasteiger partial charge < -0.3 is 10.2 Å². The van der Waals surface area contributed by atoms with E-state index in [2.05, 4.69) is 28.4 Å². The molecule has 3 nitrogen and oxygen atoms in total. The molecule has 1 atom stereocenters. The zero-order valence-corrected chi connectivity index (χ0v) is 10.1. The molecule has 1 amide bonds. The lowest BCUT2D eigenvalue weighted by Crippen LogP contribution is -2.45. The van der Waals surface area contributed by atoms with E-state index >= 15 is 0 Å². The summed E-state index contributed by atoms with van der Waals surface area (Å²) in [7, 11) is 0. The van der Waals surface area contributed by atoms with Gasteiger partial charge in [0.05, 0.1) is 0 Å². The van der Waals surface area contributed by atoms with E-state index in [1.54, 1.807) is 0 Å². The molecule has 0 saturated heterocycles. The summed E-state index contributed by atoms with van der Waals surface area (Å²) in [6.45, 7) is 2.96. The molecule has 0 unspecified atom stereocenters. The van der Waals surface area contributed by atoms with Gasteiger partial charge in [-0.2, -0.15) is 0 Å². The molecule has 1 aliphatic heterocycles. The molecule has 1 fully saturated rings. The monoisotopic (exact) mass is 230 g/mol. The highest BCUT2D eigenvalue weighted by molar-refractivity contribution is 5.86. The lowest BCUT2D eigenvalue weighted by atomic mass is 10.1. The van der Waals surface area contributed by atoms with Crippen molar-refractivity contribution in [2.24, 2.45) is 0 Å². The molecule has 0 aromatic heterocycles. The van der Waals surface area contributed by atoms with Crippen LogP contribution in [0.5, 0.6) is 0 Å². The van der Waals surface area contributed by atoms with Crippen LogP contribution in [0.15, 0.2) is 24.3 Å². The van der Waals surface area contributed by atoms with Crippen LogP contribution in [0.1, 0.15) is 25.3 Å². The highest BCUT2D eigenvalue weighted by atomic mass is 16.2. The fourth-order valence-electron chi connectivity index (χ4n) is 2.46. The molecule has 2 aliphatic rings. The van der Waals surface area contributed by atoms with Crippen LogP contribution in [0.2, 0.25) is 0 Å². The standard InChI is InChI=1S/C14H18N2O/c1-10(14(17)15-12-6-7-12)16-9-8-11-4-2-3-5-13(11)16/h2-5,10,12H,6-9H2,1H3,(H,15,17)/t10-/m1/s1. The highest BCUT2D eigenvalue weighted by Gasteiger charge is 2.30. The topological polar surface area (TPSA) is 32.3 Å². The number of nitrogens with one attached hydrogen (secondary N) is 1. The second kappa shape index (κ2) is 4.06. The van der Waals surface area contributed by atoms with Gasteiger partial charge in [0.25, 0.3) is 0 Å². The Labute approximate surface area is 102 Å². The van der Waals surface area contributed by atoms with Crippen LogP contribution >= 0.6 is 0 Å². The van der Waals surface area contributed by atoms with Crippen molar-refractivity contribution in [1.29, 1.82) is 0 Å². The number of carbonyl (C=O) groups is 1. The summed E-state index contributed by atoms with van der Waals surface area (Å²) < 4.78 is 0. The molecule has 3 heteroatoms. The van der Waals surface area contributed by atoms with E-state index in [1.165, 1.54) is 11.3 Å². The number of amides is 1. The van der Waals surface area contributed by atoms with Crippen molar-refractivity contribution in [2.75, 3.05) is 11.4 Å². The van der Waals surface area contributed by atoms with E-state index in [0.29, 0.717) is 6.04 Å². The van der Waals surface area contributed by atoms with Gasteiger partial charge in [0, 0.05) is 18.3 Å². The summed E-state index contributed by atoms with van der Waals surface area (Å²) in [5.41, 5.74) is 2.59. The van der Waals surface area contributed by atoms with E-state index in [4.69, 9.17) is 0 Å². The molecule has 1 saturated carbocycles. The van der Waals surface area contributed by atoms with Gasteiger partial charge in [-0.1, -0.05) is 18.2 Å². The summed E-state index contributed by atoms with van der Waals surface area (Å²) in [4.78, 5) is 14.3. The van der Waals surface area contributed by atoms with Crippen molar-refractivity contribution in [2.45, 2.75) is 38.3 Å². The van der Waals surface area contributed by atoms with E-state index in [-0.39, 0.29) is 11.9 Å². The minimum atomic E-state index is -0.0563. The Balaban J connectivity index is 1.74. The van der Waals surface area contributed by atoms with Gasteiger partial charge in [-0.15, -0.1) is 0 Å². The number of para-hydroxylation sites is 1. The van der Waals surface area contributed by atoms with Crippen LogP contribution in [0, 0.1) is 0 Å². The van der Waals surface area contributed by atoms with E-state index in [0.717, 1.165) is 25.8 Å². The Morgan fingerprint density at radius 1 is 1.41 bits per heavy atom. The number of anilines is 1. The molecule has 0 spiro atoms. The number of hydrogen-bond donors (Lipinski definition) is 1. The maximum atomic E-state index is 12.0. The van der Waals surface area contributed by atoms with E-state index in [9.17, 15) is 4.79 Å². The first kappa shape index (κ1) is 10.6. The molecule has 90 valence electrons. The number of carbonyl (C=O) groups excluding carboxylic acids is 1. The van der Waals surface area contributed by atoms with Crippen LogP contribution in [-0.2, 0) is 11.2 Å². The number of nitrogens with zero attached hydrogens (tertiary/aromatic N) is 1. The van der Waals surface area contributed by atoms with Gasteiger partial charge >= 0.3 is 0 Å². The zero-order chi connectivity index (χ0) is 11.8. The van der Waals surface area contributed by atoms with Gasteiger partial charge in [0.1, 0.15) is 6.04 Å². The van der Waals surface area contributed by atoms with Crippen LogP contribution < -0.4 is 10.2 Å². The van der Waals surface area contributed by atoms with Crippen LogP contribution in [-0.4, -0.2) is 24.5 Å². The van der Waals surface area contributed by atoms with Gasteiger partial charge in [-0.05, 0) is 37.8 Å². The molecule has 0 bridgehead atoms. The maximum absolute atomic E-state index is 12.0. The fourth-order valence-corrected chi connectivity index (χ4v) is 2.46. The Morgan fingerprint density at radius 2 is 2.18 bits per heavy atom. The summed E-state index contributed by atoms with van der Waals surface area (Å²) >= 11 is 0. The lowest BCUT2D eigenvalue weighted by molar-refractivity contribution is -0.122. The first-order valence-electron chi connectivity index (χ1n) is 6.40. The van der Waals surface area contributed by atoms with E-state index < -0.39 is 0 Å². The summed E-state index contributed by atoms with van der Waals surface area (Å²) in [6, 6.07) is 8.77. The van der Waals surface area contributed by atoms with Gasteiger partial charge in [-0.25, -0.2) is 0 Å². The molecule has 0 radical (unpaired) electrons. The fraction of sp³-hybridized carbons (Fsp3) is 0.500. The van der Waals surface area contributed by atoms with Crippen molar-refractivity contribution in [3.05, 3.63) is 29.8 Å². The third kappa shape index (κ3) is 2.02. The largest absolute Gasteiger partial charge is 0.359 e. The van der Waals surface area contributed by atoms with E-state index in [1.807, 2.05) is 13.0 Å². The Hall–Kier alpha value is -1.51. The molecular formula is C14H18N2O. The van der Waals surface area contributed by atoms with Gasteiger partial charge in [0.15, 0.2) is 0 Å². The molecular weight excluding hydrogens is 212 g/mol. The Kier molecular flexibility index (Phi) is 2.54. The molecule has 1 aromatic carbocycles. The predicted octanol–water partition coefficient (Wildman–Crippen LogP) is 1.72. The maximum Gasteiger partial charge on any atom is 0.242 e. The first-order chi connectivity index (χ1) is 8.25. The molecule has 1 aliphatic carbocycles. The minimum Gasteiger partial charge on any atom is -0.359 e. The Bertz CT molecular complexity index is 440. The quantitative estimate of drug-likeness (QED) is 0.857. The Morgan fingerprint density at radius 3 is 2.94 bits per heavy atom. The van der Waals surface area contributed by atoms with Crippen LogP contribution in [0.3, 0.4) is 0 Å². The molecule has 1 N–H and O–H groups in total. The average Bonchev–Trinajstić information content (AvgIpc) is 3.05. The van der Waals surface area contributed by atoms with Crippen molar-refractivity contribution < 1.29 is 4.79 Å². The van der Waals surface area contributed by atoms with Crippen molar-refractivity contribution in [3.8, 4) is 0 Å². The molecule has 1 aromatic rings. The molecule has 1 heterocycles. The van der Waals surface area contributed by atoms with Crippen molar-refractivity contribution in [1.82, 2.24) is 5.32 Å². The smallest absolute Gasteiger partial charge is 0.242 e. The lowest BCUT2D eigenvalue weighted by Gasteiger charge is -2.26. The predicted molar refractivity (Wildman–Crippen MR) is 68.1 cm³/mol. The number of rotatable bonds is 3. The van der Waals surface area contributed by atoms with Gasteiger partial charge in [-0.3, -0.25) is 4.79 Å². The highest BCUT2D eigenvalue weighted by Crippen LogP contribution is 2.29. The summed E-state index contributed by atoms with van der Waals surface area (Å²) in [6.07, 6.45) is 3.35. The molecule has 3 rings (SSSR count).